The Bertz CT molecular complexity index is 373. The van der Waals surface area contributed by atoms with Crippen LogP contribution in [0.4, 0.5) is 5.69 Å². The lowest BCUT2D eigenvalue weighted by atomic mass is 9.83. The summed E-state index contributed by atoms with van der Waals surface area (Å²) in [5.74, 6) is 1.79. The van der Waals surface area contributed by atoms with Crippen molar-refractivity contribution in [2.45, 2.75) is 46.5 Å². The number of nitrogens with zero attached hydrogens (tertiary/aromatic N) is 2. The molecule has 1 aliphatic carbocycles. The van der Waals surface area contributed by atoms with Gasteiger partial charge in [-0.15, -0.1) is 0 Å². The fourth-order valence-corrected chi connectivity index (χ4v) is 2.81. The molecule has 0 aliphatic heterocycles. The average molecular weight is 235 g/mol. The predicted octanol–water partition coefficient (Wildman–Crippen LogP) is 3.28. The molecule has 1 fully saturated rings. The number of hydrogen-bond acceptors (Lipinski definition) is 2. The quantitative estimate of drug-likeness (QED) is 0.871. The Balaban J connectivity index is 1.89. The molecule has 1 aromatic rings. The Hall–Kier alpha value is -0.990. The van der Waals surface area contributed by atoms with Crippen LogP contribution >= 0.6 is 0 Å². The Morgan fingerprint density at radius 3 is 2.41 bits per heavy atom. The summed E-state index contributed by atoms with van der Waals surface area (Å²) >= 11 is 0. The van der Waals surface area contributed by atoms with Crippen LogP contribution in [-0.2, 0) is 7.05 Å². The van der Waals surface area contributed by atoms with Gasteiger partial charge in [-0.3, -0.25) is 4.68 Å². The van der Waals surface area contributed by atoms with E-state index in [2.05, 4.69) is 31.2 Å². The van der Waals surface area contributed by atoms with E-state index in [0.717, 1.165) is 24.1 Å². The minimum atomic E-state index is 0.852. The summed E-state index contributed by atoms with van der Waals surface area (Å²) in [7, 11) is 2.01. The van der Waals surface area contributed by atoms with Crippen LogP contribution in [-0.4, -0.2) is 16.3 Å². The van der Waals surface area contributed by atoms with Crippen LogP contribution < -0.4 is 5.32 Å². The van der Waals surface area contributed by atoms with Crippen molar-refractivity contribution in [3.63, 3.8) is 0 Å². The molecule has 96 valence electrons. The molecule has 3 nitrogen and oxygen atoms in total. The fraction of sp³-hybridized carbons (Fsp3) is 0.786. The third-order valence-electron chi connectivity index (χ3n) is 4.21. The zero-order valence-electron chi connectivity index (χ0n) is 11.6. The third-order valence-corrected chi connectivity index (χ3v) is 4.21. The molecule has 0 amide bonds. The van der Waals surface area contributed by atoms with Gasteiger partial charge in [-0.25, -0.2) is 0 Å². The number of aryl methyl sites for hydroxylation is 2. The van der Waals surface area contributed by atoms with E-state index in [0.29, 0.717) is 0 Å². The molecular weight excluding hydrogens is 210 g/mol. The highest BCUT2D eigenvalue weighted by molar-refractivity contribution is 5.51. The summed E-state index contributed by atoms with van der Waals surface area (Å²) in [5, 5.41) is 8.04. The molecule has 0 saturated heterocycles. The van der Waals surface area contributed by atoms with Crippen LogP contribution in [0.1, 0.15) is 44.0 Å². The second-order valence-corrected chi connectivity index (χ2v) is 5.68. The van der Waals surface area contributed by atoms with E-state index in [1.54, 1.807) is 0 Å². The molecule has 0 aromatic carbocycles. The highest BCUT2D eigenvalue weighted by Crippen LogP contribution is 2.29. The van der Waals surface area contributed by atoms with Gasteiger partial charge in [0.25, 0.3) is 0 Å². The second kappa shape index (κ2) is 5.11. The highest BCUT2D eigenvalue weighted by atomic mass is 15.3. The van der Waals surface area contributed by atoms with Gasteiger partial charge in [0.05, 0.1) is 17.1 Å². The average Bonchev–Trinajstić information content (AvgIpc) is 2.54. The Kier molecular flexibility index (Phi) is 3.75. The van der Waals surface area contributed by atoms with Crippen LogP contribution in [0, 0.1) is 25.7 Å². The first-order valence-corrected chi connectivity index (χ1v) is 6.82. The lowest BCUT2D eigenvalue weighted by Gasteiger charge is -2.26. The smallest absolute Gasteiger partial charge is 0.0827 e. The fourth-order valence-electron chi connectivity index (χ4n) is 2.81. The molecule has 17 heavy (non-hydrogen) atoms. The van der Waals surface area contributed by atoms with Crippen molar-refractivity contribution in [3.05, 3.63) is 11.4 Å². The van der Waals surface area contributed by atoms with Gasteiger partial charge in [0.1, 0.15) is 0 Å². The van der Waals surface area contributed by atoms with Crippen LogP contribution in [0.3, 0.4) is 0 Å². The summed E-state index contributed by atoms with van der Waals surface area (Å²) in [5.41, 5.74) is 3.60. The highest BCUT2D eigenvalue weighted by Gasteiger charge is 2.18. The molecular formula is C14H25N3. The number of rotatable bonds is 3. The minimum absolute atomic E-state index is 0.852. The maximum absolute atomic E-state index is 4.44. The molecule has 1 heterocycles. The topological polar surface area (TPSA) is 29.9 Å². The van der Waals surface area contributed by atoms with E-state index in [1.807, 2.05) is 11.7 Å². The number of aromatic nitrogens is 2. The number of anilines is 1. The lowest BCUT2D eigenvalue weighted by Crippen LogP contribution is -2.20. The molecule has 0 bridgehead atoms. The van der Waals surface area contributed by atoms with Crippen molar-refractivity contribution in [1.82, 2.24) is 9.78 Å². The lowest BCUT2D eigenvalue weighted by molar-refractivity contribution is 0.300. The van der Waals surface area contributed by atoms with Crippen LogP contribution in [0.2, 0.25) is 0 Å². The molecule has 1 aromatic heterocycles. The second-order valence-electron chi connectivity index (χ2n) is 5.68. The van der Waals surface area contributed by atoms with Crippen molar-refractivity contribution in [1.29, 1.82) is 0 Å². The third kappa shape index (κ3) is 2.82. The van der Waals surface area contributed by atoms with Crippen molar-refractivity contribution in [3.8, 4) is 0 Å². The van der Waals surface area contributed by atoms with Gasteiger partial charge in [-0.05, 0) is 38.5 Å². The predicted molar refractivity (Wildman–Crippen MR) is 72.3 cm³/mol. The van der Waals surface area contributed by atoms with Gasteiger partial charge >= 0.3 is 0 Å². The van der Waals surface area contributed by atoms with Crippen LogP contribution in [0.25, 0.3) is 0 Å². The van der Waals surface area contributed by atoms with Gasteiger partial charge in [0.2, 0.25) is 0 Å². The monoisotopic (exact) mass is 235 g/mol. The Morgan fingerprint density at radius 1 is 1.24 bits per heavy atom. The molecule has 2 rings (SSSR count). The summed E-state index contributed by atoms with van der Waals surface area (Å²) in [4.78, 5) is 0. The van der Waals surface area contributed by atoms with Gasteiger partial charge in [0, 0.05) is 13.6 Å². The first-order valence-electron chi connectivity index (χ1n) is 6.82. The van der Waals surface area contributed by atoms with Gasteiger partial charge < -0.3 is 5.32 Å². The van der Waals surface area contributed by atoms with Crippen molar-refractivity contribution in [2.75, 3.05) is 11.9 Å². The first kappa shape index (κ1) is 12.5. The van der Waals surface area contributed by atoms with Crippen molar-refractivity contribution >= 4 is 5.69 Å². The maximum atomic E-state index is 4.44. The Morgan fingerprint density at radius 2 is 1.88 bits per heavy atom. The number of nitrogens with one attached hydrogen (secondary N) is 1. The van der Waals surface area contributed by atoms with E-state index in [9.17, 15) is 0 Å². The normalized spacial score (nSPS) is 24.9. The largest absolute Gasteiger partial charge is 0.382 e. The van der Waals surface area contributed by atoms with E-state index in [1.165, 1.54) is 37.1 Å². The standard InChI is InChI=1S/C14H25N3/c1-10-5-7-13(8-6-10)9-15-14-11(2)16-17(4)12(14)3/h10,13,15H,5-9H2,1-4H3. The Labute approximate surface area is 105 Å². The van der Waals surface area contributed by atoms with Gasteiger partial charge in [0.15, 0.2) is 0 Å². The van der Waals surface area contributed by atoms with Crippen molar-refractivity contribution < 1.29 is 0 Å². The molecule has 0 atom stereocenters. The zero-order chi connectivity index (χ0) is 12.4. The summed E-state index contributed by atoms with van der Waals surface area (Å²) in [6.45, 7) is 7.70. The minimum Gasteiger partial charge on any atom is -0.382 e. The number of hydrogen-bond donors (Lipinski definition) is 1. The molecule has 0 spiro atoms. The molecule has 3 heteroatoms. The molecule has 1 saturated carbocycles. The molecule has 1 N–H and O–H groups in total. The van der Waals surface area contributed by atoms with Gasteiger partial charge in [-0.2, -0.15) is 5.10 Å². The molecule has 0 radical (unpaired) electrons. The summed E-state index contributed by atoms with van der Waals surface area (Å²) in [6.07, 6.45) is 5.56. The van der Waals surface area contributed by atoms with E-state index < -0.39 is 0 Å². The van der Waals surface area contributed by atoms with E-state index in [-0.39, 0.29) is 0 Å². The molecule has 0 unspecified atom stereocenters. The zero-order valence-corrected chi connectivity index (χ0v) is 11.6. The van der Waals surface area contributed by atoms with Crippen LogP contribution in [0.5, 0.6) is 0 Å². The van der Waals surface area contributed by atoms with E-state index >= 15 is 0 Å². The van der Waals surface area contributed by atoms with Crippen molar-refractivity contribution in [2.24, 2.45) is 18.9 Å². The van der Waals surface area contributed by atoms with Gasteiger partial charge in [-0.1, -0.05) is 19.8 Å². The molecule has 1 aliphatic rings. The van der Waals surface area contributed by atoms with Crippen LogP contribution in [0.15, 0.2) is 0 Å². The summed E-state index contributed by atoms with van der Waals surface area (Å²) in [6, 6.07) is 0. The summed E-state index contributed by atoms with van der Waals surface area (Å²) < 4.78 is 1.96. The maximum Gasteiger partial charge on any atom is 0.0827 e. The van der Waals surface area contributed by atoms with E-state index in [4.69, 9.17) is 0 Å². The first-order chi connectivity index (χ1) is 8.08. The SMILES string of the molecule is Cc1nn(C)c(C)c1NCC1CCC(C)CC1.